The van der Waals surface area contributed by atoms with Gasteiger partial charge in [0.2, 0.25) is 17.8 Å². The number of amides is 5. The second-order valence-electron chi connectivity index (χ2n) is 32.9. The van der Waals surface area contributed by atoms with E-state index in [1.807, 2.05) is 55.2 Å². The van der Waals surface area contributed by atoms with Gasteiger partial charge in [-0.05, 0) is 131 Å². The number of hydrogen-bond donors (Lipinski definition) is 14. The zero-order valence-corrected chi connectivity index (χ0v) is 70.5. The Balaban J connectivity index is 0.592. The number of nitrogens with one attached hydrogen (secondary N) is 8. The van der Waals surface area contributed by atoms with Crippen molar-refractivity contribution < 1.29 is 72.7 Å². The highest BCUT2D eigenvalue weighted by Gasteiger charge is 2.79. The molecule has 0 radical (unpaired) electrons. The maximum atomic E-state index is 15.3. The van der Waals surface area contributed by atoms with Gasteiger partial charge in [-0.15, -0.1) is 0 Å². The number of para-hydroxylation sites is 1. The lowest BCUT2D eigenvalue weighted by Crippen LogP contribution is -2.82. The molecule has 1 aliphatic carbocycles. The number of nitrogens with zero attached hydrogens (tertiary/aromatic N) is 7. The number of aromatic nitrogens is 5. The van der Waals surface area contributed by atoms with Crippen LogP contribution in [0.25, 0.3) is 22.1 Å². The quantitative estimate of drug-likeness (QED) is 0.00486. The zero-order chi connectivity index (χ0) is 86.0. The largest absolute Gasteiger partial charge is 0.496 e. The first-order valence-corrected chi connectivity index (χ1v) is 43.7. The Morgan fingerprint density at radius 3 is 2.37 bits per heavy atom. The minimum Gasteiger partial charge on any atom is -0.496 e. The molecule has 1 unspecified atom stereocenters. The molecule has 5 aliphatic heterocycles. The Bertz CT molecular complexity index is 4930. The van der Waals surface area contributed by atoms with Crippen LogP contribution in [0.1, 0.15) is 157 Å². The number of H-pyrrole nitrogens is 2. The number of carbonyl (C=O) groups is 9. The number of guanidine groups is 1. The first-order valence-electron chi connectivity index (χ1n) is 41.2. The number of anilines is 3. The van der Waals surface area contributed by atoms with Gasteiger partial charge in [-0.2, -0.15) is 4.98 Å². The van der Waals surface area contributed by atoms with Crippen molar-refractivity contribution in [2.24, 2.45) is 39.6 Å². The summed E-state index contributed by atoms with van der Waals surface area (Å²) < 4.78 is 18.0. The van der Waals surface area contributed by atoms with Crippen LogP contribution < -0.4 is 64.5 Å². The third kappa shape index (κ3) is 18.6. The number of methoxy groups -OCH3 is 1. The van der Waals surface area contributed by atoms with Crippen LogP contribution in [-0.4, -0.2) is 236 Å². The van der Waals surface area contributed by atoms with Crippen molar-refractivity contribution in [1.29, 1.82) is 0 Å². The number of likely N-dealkylation sites (N-methyl/N-ethyl adjacent to an activating group) is 1. The van der Waals surface area contributed by atoms with Crippen LogP contribution in [0.4, 0.5) is 22.1 Å². The van der Waals surface area contributed by atoms with Crippen molar-refractivity contribution in [3.63, 3.8) is 0 Å². The van der Waals surface area contributed by atoms with Gasteiger partial charge >= 0.3 is 6.09 Å². The summed E-state index contributed by atoms with van der Waals surface area (Å²) in [6.45, 7) is 12.6. The number of benzene rings is 3. The highest BCUT2D eigenvalue weighted by molar-refractivity contribution is 8.76. The number of aliphatic hydroxyl groups is 3. The van der Waals surface area contributed by atoms with Gasteiger partial charge in [0, 0.05) is 157 Å². The Hall–Kier alpha value is -10.2. The minimum atomic E-state index is -2.58. The van der Waals surface area contributed by atoms with Gasteiger partial charge in [0.1, 0.15) is 30.9 Å². The third-order valence-corrected chi connectivity index (χ3v) is 27.5. The number of nitrogens with two attached hydrogens (primary N) is 3. The summed E-state index contributed by atoms with van der Waals surface area (Å²) in [5.41, 5.74) is 20.9. The molecule has 3 aromatic carbocycles. The highest BCUT2D eigenvalue weighted by atomic mass is 33.1. The molecule has 6 aliphatic rings. The highest BCUT2D eigenvalue weighted by Crippen LogP contribution is 2.68. The Morgan fingerprint density at radius 2 is 1.62 bits per heavy atom. The monoisotopic (exact) mass is 1690 g/mol. The number of nitrogen functional groups attached to an aromatic ring is 1. The van der Waals surface area contributed by atoms with Gasteiger partial charge < -0.3 is 77.9 Å². The number of ketones is 3. The van der Waals surface area contributed by atoms with Gasteiger partial charge in [-0.3, -0.25) is 68.4 Å². The number of aliphatic imine (C=N–C) groups is 1. The number of Topliss-reactive ketones (excluding diaryl/α,β-unsaturated/α-hetero) is 3. The number of aromatic amines is 2. The zero-order valence-electron chi connectivity index (χ0n) is 68.9. The Labute approximate surface area is 703 Å². The van der Waals surface area contributed by atoms with E-state index in [2.05, 4.69) is 84.0 Å². The number of hydrogen-bond acceptors (Lipinski definition) is 27. The number of rotatable bonds is 38. The molecule has 8 heterocycles. The van der Waals surface area contributed by atoms with E-state index in [4.69, 9.17) is 31.4 Å². The molecular formula is C84H112N18O16S2. The molecule has 3 fully saturated rings. The van der Waals surface area contributed by atoms with Crippen LogP contribution in [0.15, 0.2) is 88.8 Å². The summed E-state index contributed by atoms with van der Waals surface area (Å²) in [6.07, 6.45) is 6.63. The van der Waals surface area contributed by atoms with E-state index in [9.17, 15) is 58.5 Å². The van der Waals surface area contributed by atoms with Crippen LogP contribution >= 0.6 is 21.6 Å². The molecule has 6 aromatic rings. The molecule has 2 saturated heterocycles. The third-order valence-electron chi connectivity index (χ3n) is 25.1. The fourth-order valence-electron chi connectivity index (χ4n) is 19.4. The van der Waals surface area contributed by atoms with Gasteiger partial charge in [-0.1, -0.05) is 79.6 Å². The summed E-state index contributed by atoms with van der Waals surface area (Å²) in [5, 5.41) is 51.4. The first-order chi connectivity index (χ1) is 57.5. The topological polar surface area (TPSA) is 502 Å². The lowest BCUT2D eigenvalue weighted by atomic mass is 9.47. The van der Waals surface area contributed by atoms with Crippen molar-refractivity contribution in [3.8, 4) is 5.75 Å². The van der Waals surface area contributed by atoms with Crippen molar-refractivity contribution in [1.82, 2.24) is 61.5 Å². The van der Waals surface area contributed by atoms with Gasteiger partial charge in [-0.25, -0.2) is 20.2 Å². The number of ether oxygens (including phenoxy) is 3. The fraction of sp³-hybridized carbons (Fsp3) is 0.548. The molecule has 120 heavy (non-hydrogen) atoms. The molecule has 14 atom stereocenters. The Kier molecular flexibility index (Phi) is 28.4. The van der Waals surface area contributed by atoms with Crippen LogP contribution in [0.3, 0.4) is 0 Å². The van der Waals surface area contributed by atoms with Crippen molar-refractivity contribution in [2.75, 3.05) is 101 Å². The van der Waals surface area contributed by atoms with Crippen LogP contribution in [0, 0.1) is 23.2 Å². The fourth-order valence-corrected chi connectivity index (χ4v) is 21.3. The second kappa shape index (κ2) is 38.2. The van der Waals surface area contributed by atoms with Crippen molar-refractivity contribution in [3.05, 3.63) is 123 Å². The smallest absolute Gasteiger partial charge is 0.426 e. The van der Waals surface area contributed by atoms with E-state index < -0.39 is 105 Å². The average Bonchev–Trinajstić information content (AvgIpc) is 1.47. The molecule has 1 saturated carbocycles. The summed E-state index contributed by atoms with van der Waals surface area (Å²) >= 11 is 0. The van der Waals surface area contributed by atoms with Crippen LogP contribution in [-0.2, 0) is 66.8 Å². The molecular weight excluding hydrogens is 1580 g/mol. The van der Waals surface area contributed by atoms with E-state index in [0.29, 0.717) is 137 Å². The molecule has 12 rings (SSSR count). The number of hydrazine groups is 1. The summed E-state index contributed by atoms with van der Waals surface area (Å²) in [6, 6.07) is 15.4. The van der Waals surface area contributed by atoms with Crippen molar-refractivity contribution in [2.45, 2.75) is 183 Å². The lowest BCUT2D eigenvalue weighted by Gasteiger charge is -2.63. The normalized spacial score (nSPS) is 24.9. The van der Waals surface area contributed by atoms with E-state index in [1.165, 1.54) is 27.8 Å². The number of aliphatic hydroxyl groups excluding tert-OH is 1. The van der Waals surface area contributed by atoms with Crippen LogP contribution in [0.2, 0.25) is 0 Å². The number of fused-ring (bicyclic) bond motifs is 7. The molecule has 3 aromatic heterocycles. The number of carbonyl (C=O) groups excluding carboxylic acids is 9. The minimum absolute atomic E-state index is 0.0511. The predicted octanol–water partition coefficient (Wildman–Crippen LogP) is 4.40. The van der Waals surface area contributed by atoms with Gasteiger partial charge in [0.15, 0.2) is 34.3 Å². The number of piperidine rings is 1. The molecule has 2 bridgehead atoms. The van der Waals surface area contributed by atoms with E-state index >= 15 is 4.79 Å². The molecule has 17 N–H and O–H groups in total. The molecule has 5 amide bonds. The van der Waals surface area contributed by atoms with E-state index in [0.717, 1.165) is 33.3 Å². The lowest BCUT2D eigenvalue weighted by molar-refractivity contribution is -0.204. The molecule has 1 spiro atoms. The predicted molar refractivity (Wildman–Crippen MR) is 455 cm³/mol. The van der Waals surface area contributed by atoms with Gasteiger partial charge in [0.25, 0.3) is 23.8 Å². The summed E-state index contributed by atoms with van der Waals surface area (Å²) in [5.74, 6) is -4.10. The summed E-state index contributed by atoms with van der Waals surface area (Å²) in [7, 11) is 6.22. The van der Waals surface area contributed by atoms with E-state index in [-0.39, 0.29) is 111 Å². The SMILES string of the molecule is CC[C@]1(O)C[C@H]2CN(CCc3c([nH]c4ccccc34)[C@@](COC=O)(c3cc4c(cc3OC)N(C)[C@H]3[C@](O)(C(=O)NNC(=O)OCCSSCCCC(=O)[C@H](C)NC(=O)[C@H](C)CC(=O)[C@H](CCCN=C(N)N)NC(=O)[C@H](C)CC(=O)CCCNC(=O)c5ccc(NCc6cnc7nc(N)[nH]c(=O)c7n6)cc5)[C@H](O)[C@]5(CC)C=CCN6CC[C@]43[C@@H]65)C2)C1. The van der Waals surface area contributed by atoms with E-state index in [1.54, 1.807) is 59.2 Å². The maximum Gasteiger partial charge on any atom is 0.426 e. The van der Waals surface area contributed by atoms with Crippen LogP contribution in [0.5, 0.6) is 5.75 Å². The first kappa shape index (κ1) is 89.0. The molecule has 36 heteroatoms. The van der Waals surface area contributed by atoms with Gasteiger partial charge in [0.05, 0.1) is 54.7 Å². The molecule has 646 valence electrons. The summed E-state index contributed by atoms with van der Waals surface area (Å²) in [4.78, 5) is 163. The Morgan fingerprint density at radius 1 is 0.858 bits per heavy atom. The van der Waals surface area contributed by atoms with Crippen molar-refractivity contribution >= 4 is 120 Å². The maximum absolute atomic E-state index is 15.3. The second-order valence-corrected chi connectivity index (χ2v) is 35.6. The standard InChI is InChI=1S/C84H112N18O16S2/c1-8-80(114)40-51-41-82(46-117-47-103,67-57(25-31-101(44-51)45-80)56-17-10-11-18-60(56)94-67)59-38-58-62(39-65(59)116-7)100(6)74-83(58)27-32-102-30-15-26-81(9-2,73(83)102)75(111)84(74,115)76(112)98-99-79(113)118-33-35-120-119-34-14-20-63(105)50(5)92-69(107)49(4)37-64(106)61(19-13-29-89-77(85)86)95-70(108)48(3)36-55(104)16-12-28-88-71(109)52-21-23-53(24-22-52)90-42-54-43-91-68-66(93-54)72(110)97-78(87)96-68/h10-11,15,17-18,21-24,26,38-39,43,47-51,61,73-75,90,94,111,114-115H,8-9,12-14,16,19-20,25,27-37,40-42,44-46H2,1-7H3,(H,88,109)(H,92,107)(H,95,108)(H,98,112)(H,99,113)(H4,85,86,89)(H3,87,91,96,97,110)/t48-,49-,50+,51-,61+,73+,74-,75-,80+,81-,82+,83-,84-/m1/s1. The molecule has 34 nitrogen and oxygen atoms in total. The average molecular weight is 1690 g/mol.